The third-order valence-electron chi connectivity index (χ3n) is 3.24. The van der Waals surface area contributed by atoms with Gasteiger partial charge >= 0.3 is 5.97 Å². The van der Waals surface area contributed by atoms with E-state index in [1.807, 2.05) is 61.5 Å². The van der Waals surface area contributed by atoms with Crippen LogP contribution < -0.4 is 0 Å². The molecule has 0 aliphatic heterocycles. The van der Waals surface area contributed by atoms with Crippen molar-refractivity contribution >= 4 is 5.97 Å². The number of aromatic nitrogens is 1. The molecule has 0 spiro atoms. The number of rotatable bonds is 3. The second-order valence-corrected chi connectivity index (χ2v) is 4.68. The van der Waals surface area contributed by atoms with E-state index in [1.54, 1.807) is 0 Å². The Morgan fingerprint density at radius 2 is 1.71 bits per heavy atom. The Morgan fingerprint density at radius 3 is 2.38 bits per heavy atom. The van der Waals surface area contributed by atoms with Crippen molar-refractivity contribution in [3.63, 3.8) is 0 Å². The Balaban J connectivity index is 2.19. The van der Waals surface area contributed by atoms with E-state index >= 15 is 0 Å². The molecule has 0 saturated heterocycles. The van der Waals surface area contributed by atoms with Crippen LogP contribution in [0.25, 0.3) is 22.7 Å². The first-order valence-electron chi connectivity index (χ1n) is 6.52. The van der Waals surface area contributed by atoms with Gasteiger partial charge < -0.3 is 9.52 Å². The zero-order chi connectivity index (χ0) is 14.8. The normalized spacial score (nSPS) is 10.5. The van der Waals surface area contributed by atoms with Gasteiger partial charge in [0.1, 0.15) is 5.69 Å². The van der Waals surface area contributed by atoms with Gasteiger partial charge in [0.15, 0.2) is 0 Å². The van der Waals surface area contributed by atoms with Gasteiger partial charge in [-0.2, -0.15) is 0 Å². The lowest BCUT2D eigenvalue weighted by Crippen LogP contribution is -1.97. The number of carboxylic acid groups (broad SMARTS) is 1. The third kappa shape index (κ3) is 2.43. The molecule has 3 aromatic rings. The number of aryl methyl sites for hydroxylation is 1. The molecule has 0 aliphatic carbocycles. The third-order valence-corrected chi connectivity index (χ3v) is 3.24. The summed E-state index contributed by atoms with van der Waals surface area (Å²) in [5.74, 6) is -0.947. The predicted octanol–water partition coefficient (Wildman–Crippen LogP) is 4.02. The van der Waals surface area contributed by atoms with Crippen LogP contribution in [0.2, 0.25) is 0 Å². The van der Waals surface area contributed by atoms with Gasteiger partial charge in [0.2, 0.25) is 11.7 Å². The molecule has 0 radical (unpaired) electrons. The SMILES string of the molecule is Cc1ccccc1-c1nc(-c2ccccc2)oc1C(=O)O. The number of oxazole rings is 1. The van der Waals surface area contributed by atoms with Crippen LogP contribution in [0.5, 0.6) is 0 Å². The minimum atomic E-state index is -1.12. The molecule has 0 amide bonds. The van der Waals surface area contributed by atoms with Crippen molar-refractivity contribution in [2.75, 3.05) is 0 Å². The van der Waals surface area contributed by atoms with Crippen LogP contribution in [-0.4, -0.2) is 16.1 Å². The first-order valence-corrected chi connectivity index (χ1v) is 6.52. The molecule has 3 rings (SSSR count). The molecule has 2 aromatic carbocycles. The summed E-state index contributed by atoms with van der Waals surface area (Å²) >= 11 is 0. The van der Waals surface area contributed by atoms with Crippen molar-refractivity contribution in [1.82, 2.24) is 4.98 Å². The second kappa shape index (κ2) is 5.25. The minimum Gasteiger partial charge on any atom is -0.475 e. The summed E-state index contributed by atoms with van der Waals surface area (Å²) < 4.78 is 5.46. The van der Waals surface area contributed by atoms with Gasteiger partial charge in [0.05, 0.1) is 0 Å². The molecule has 0 saturated carbocycles. The van der Waals surface area contributed by atoms with E-state index in [0.717, 1.165) is 16.7 Å². The van der Waals surface area contributed by atoms with Crippen LogP contribution in [0, 0.1) is 6.92 Å². The van der Waals surface area contributed by atoms with E-state index in [0.29, 0.717) is 11.6 Å². The molecule has 0 unspecified atom stereocenters. The van der Waals surface area contributed by atoms with Crippen LogP contribution in [0.15, 0.2) is 59.0 Å². The maximum absolute atomic E-state index is 11.4. The van der Waals surface area contributed by atoms with Crippen LogP contribution in [0.4, 0.5) is 0 Å². The Morgan fingerprint density at radius 1 is 1.05 bits per heavy atom. The van der Waals surface area contributed by atoms with E-state index in [9.17, 15) is 9.90 Å². The molecule has 0 atom stereocenters. The molecule has 104 valence electrons. The van der Waals surface area contributed by atoms with Crippen molar-refractivity contribution in [3.05, 3.63) is 65.9 Å². The van der Waals surface area contributed by atoms with E-state index in [4.69, 9.17) is 4.42 Å². The Labute approximate surface area is 121 Å². The van der Waals surface area contributed by atoms with Gasteiger partial charge in [-0.05, 0) is 24.6 Å². The topological polar surface area (TPSA) is 63.3 Å². The lowest BCUT2D eigenvalue weighted by Gasteiger charge is -2.01. The number of carbonyl (C=O) groups is 1. The Hall–Kier alpha value is -2.88. The fourth-order valence-corrected chi connectivity index (χ4v) is 2.19. The number of benzene rings is 2. The summed E-state index contributed by atoms with van der Waals surface area (Å²) in [6.45, 7) is 1.91. The summed E-state index contributed by atoms with van der Waals surface area (Å²) in [6, 6.07) is 16.8. The minimum absolute atomic E-state index is 0.136. The van der Waals surface area contributed by atoms with Gasteiger partial charge in [-0.3, -0.25) is 0 Å². The summed E-state index contributed by atoms with van der Waals surface area (Å²) in [7, 11) is 0. The van der Waals surface area contributed by atoms with Crippen LogP contribution >= 0.6 is 0 Å². The summed E-state index contributed by atoms with van der Waals surface area (Å²) in [5, 5.41) is 9.34. The van der Waals surface area contributed by atoms with E-state index in [1.165, 1.54) is 0 Å². The van der Waals surface area contributed by atoms with Crippen LogP contribution in [0.3, 0.4) is 0 Å². The van der Waals surface area contributed by atoms with Crippen LogP contribution in [-0.2, 0) is 0 Å². The fourth-order valence-electron chi connectivity index (χ4n) is 2.19. The van der Waals surface area contributed by atoms with Gasteiger partial charge in [-0.25, -0.2) is 9.78 Å². The number of carboxylic acids is 1. The lowest BCUT2D eigenvalue weighted by molar-refractivity contribution is 0.0664. The van der Waals surface area contributed by atoms with Gasteiger partial charge in [0.25, 0.3) is 0 Å². The zero-order valence-corrected chi connectivity index (χ0v) is 11.4. The van der Waals surface area contributed by atoms with Crippen molar-refractivity contribution in [1.29, 1.82) is 0 Å². The lowest BCUT2D eigenvalue weighted by atomic mass is 10.0. The summed E-state index contributed by atoms with van der Waals surface area (Å²) in [6.07, 6.45) is 0. The molecule has 0 fully saturated rings. The maximum atomic E-state index is 11.4. The molecule has 1 aromatic heterocycles. The number of aromatic carboxylic acids is 1. The molecular weight excluding hydrogens is 266 g/mol. The van der Waals surface area contributed by atoms with Gasteiger partial charge in [-0.1, -0.05) is 42.5 Å². The predicted molar refractivity (Wildman–Crippen MR) is 79.1 cm³/mol. The molecule has 4 nitrogen and oxygen atoms in total. The van der Waals surface area contributed by atoms with Crippen molar-refractivity contribution in [2.24, 2.45) is 0 Å². The summed E-state index contributed by atoms with van der Waals surface area (Å²) in [4.78, 5) is 15.8. The highest BCUT2D eigenvalue weighted by Gasteiger charge is 2.22. The highest BCUT2D eigenvalue weighted by Crippen LogP contribution is 2.30. The number of hydrogen-bond acceptors (Lipinski definition) is 3. The van der Waals surface area contributed by atoms with Gasteiger partial charge in [-0.15, -0.1) is 0 Å². The first-order chi connectivity index (χ1) is 10.2. The molecule has 1 heterocycles. The highest BCUT2D eigenvalue weighted by molar-refractivity contribution is 5.93. The summed E-state index contributed by atoms with van der Waals surface area (Å²) in [5.41, 5.74) is 2.83. The molecule has 0 bridgehead atoms. The highest BCUT2D eigenvalue weighted by atomic mass is 16.4. The molecule has 1 N–H and O–H groups in total. The largest absolute Gasteiger partial charge is 0.475 e. The van der Waals surface area contributed by atoms with E-state index in [-0.39, 0.29) is 5.76 Å². The van der Waals surface area contributed by atoms with Crippen molar-refractivity contribution in [3.8, 4) is 22.7 Å². The monoisotopic (exact) mass is 279 g/mol. The van der Waals surface area contributed by atoms with E-state index < -0.39 is 5.97 Å². The maximum Gasteiger partial charge on any atom is 0.374 e. The average molecular weight is 279 g/mol. The molecule has 4 heteroatoms. The molecule has 21 heavy (non-hydrogen) atoms. The second-order valence-electron chi connectivity index (χ2n) is 4.68. The average Bonchev–Trinajstić information content (AvgIpc) is 2.94. The van der Waals surface area contributed by atoms with E-state index in [2.05, 4.69) is 4.98 Å². The molecular formula is C17H13NO3. The Bertz CT molecular complexity index is 791. The Kier molecular flexibility index (Phi) is 3.28. The van der Waals surface area contributed by atoms with Crippen molar-refractivity contribution in [2.45, 2.75) is 6.92 Å². The smallest absolute Gasteiger partial charge is 0.374 e. The number of hydrogen-bond donors (Lipinski definition) is 1. The number of nitrogens with zero attached hydrogens (tertiary/aromatic N) is 1. The fraction of sp³-hybridized carbons (Fsp3) is 0.0588. The first kappa shape index (κ1) is 13.1. The van der Waals surface area contributed by atoms with Crippen molar-refractivity contribution < 1.29 is 14.3 Å². The van der Waals surface area contributed by atoms with Gasteiger partial charge in [0, 0.05) is 11.1 Å². The molecule has 0 aliphatic rings. The standard InChI is InChI=1S/C17H13NO3/c1-11-7-5-6-10-13(11)14-15(17(19)20)21-16(18-14)12-8-3-2-4-9-12/h2-10H,1H3,(H,19,20). The van der Waals surface area contributed by atoms with Crippen LogP contribution in [0.1, 0.15) is 16.1 Å². The quantitative estimate of drug-likeness (QED) is 0.786. The zero-order valence-electron chi connectivity index (χ0n) is 11.4.